The number of hydrogen-bond donors (Lipinski definition) is 2. The Bertz CT molecular complexity index is 440. The van der Waals surface area contributed by atoms with Crippen LogP contribution in [-0.4, -0.2) is 31.7 Å². The molecule has 0 aliphatic rings. The number of aromatic nitrogens is 1. The second kappa shape index (κ2) is 6.44. The van der Waals surface area contributed by atoms with Crippen LogP contribution in [0.1, 0.15) is 24.4 Å². The summed E-state index contributed by atoms with van der Waals surface area (Å²) in [6.45, 7) is 6.65. The van der Waals surface area contributed by atoms with Crippen molar-refractivity contribution in [1.82, 2.24) is 15.0 Å². The van der Waals surface area contributed by atoms with Crippen molar-refractivity contribution in [3.05, 3.63) is 16.1 Å². The highest BCUT2D eigenvalue weighted by atomic mass is 32.2. The van der Waals surface area contributed by atoms with Crippen molar-refractivity contribution >= 4 is 21.4 Å². The zero-order valence-corrected chi connectivity index (χ0v) is 12.0. The summed E-state index contributed by atoms with van der Waals surface area (Å²) in [4.78, 5) is 5.04. The number of nitrogens with zero attached hydrogens (tertiary/aromatic N) is 1. The number of rotatable bonds is 7. The summed E-state index contributed by atoms with van der Waals surface area (Å²) in [5, 5.41) is 3.08. The van der Waals surface area contributed by atoms with Crippen LogP contribution in [0.5, 0.6) is 0 Å². The molecule has 0 radical (unpaired) electrons. The maximum Gasteiger partial charge on any atom is 0.213 e. The van der Waals surface area contributed by atoms with Crippen LogP contribution in [0.25, 0.3) is 0 Å². The lowest BCUT2D eigenvalue weighted by molar-refractivity contribution is 0.567. The summed E-state index contributed by atoms with van der Waals surface area (Å²) in [6.07, 6.45) is 0. The lowest BCUT2D eigenvalue weighted by Crippen LogP contribution is -2.34. The predicted molar refractivity (Wildman–Crippen MR) is 70.6 cm³/mol. The Morgan fingerprint density at radius 3 is 2.71 bits per heavy atom. The molecule has 0 saturated carbocycles. The molecule has 0 bridgehead atoms. The van der Waals surface area contributed by atoms with E-state index in [0.29, 0.717) is 19.1 Å². The highest BCUT2D eigenvalue weighted by Gasteiger charge is 2.11. The molecule has 0 fully saturated rings. The van der Waals surface area contributed by atoms with Gasteiger partial charge in [-0.15, -0.1) is 11.3 Å². The molecule has 0 atom stereocenters. The van der Waals surface area contributed by atoms with Crippen molar-refractivity contribution in [2.75, 3.05) is 12.3 Å². The molecule has 0 amide bonds. The SMILES string of the molecule is Cc1ncsc1CNS(=O)(=O)CCNC(C)C. The second-order valence-electron chi connectivity index (χ2n) is 4.11. The van der Waals surface area contributed by atoms with Gasteiger partial charge in [-0.25, -0.2) is 18.1 Å². The summed E-state index contributed by atoms with van der Waals surface area (Å²) in [6, 6.07) is 0.300. The lowest BCUT2D eigenvalue weighted by atomic mass is 10.4. The van der Waals surface area contributed by atoms with E-state index in [1.54, 1.807) is 5.51 Å². The highest BCUT2D eigenvalue weighted by Crippen LogP contribution is 2.11. The molecule has 0 aliphatic heterocycles. The zero-order valence-electron chi connectivity index (χ0n) is 10.4. The molecule has 0 spiro atoms. The van der Waals surface area contributed by atoms with E-state index in [9.17, 15) is 8.42 Å². The van der Waals surface area contributed by atoms with E-state index in [0.717, 1.165) is 10.6 Å². The molecular formula is C10H19N3O2S2. The summed E-state index contributed by atoms with van der Waals surface area (Å²) in [5.41, 5.74) is 2.61. The van der Waals surface area contributed by atoms with Crippen molar-refractivity contribution in [2.45, 2.75) is 33.4 Å². The summed E-state index contributed by atoms with van der Waals surface area (Å²) < 4.78 is 25.9. The molecule has 0 aromatic carbocycles. The number of aryl methyl sites for hydroxylation is 1. The standard InChI is InChI=1S/C10H19N3O2S2/c1-8(2)11-4-5-17(14,15)13-6-10-9(3)12-7-16-10/h7-8,11,13H,4-6H2,1-3H3. The third-order valence-corrected chi connectivity index (χ3v) is 4.48. The van der Waals surface area contributed by atoms with Crippen molar-refractivity contribution in [3.63, 3.8) is 0 Å². The van der Waals surface area contributed by atoms with Gasteiger partial charge >= 0.3 is 0 Å². The van der Waals surface area contributed by atoms with Gasteiger partial charge < -0.3 is 5.32 Å². The van der Waals surface area contributed by atoms with E-state index < -0.39 is 10.0 Å². The quantitative estimate of drug-likeness (QED) is 0.776. The number of thiazole rings is 1. The first-order valence-corrected chi connectivity index (χ1v) is 8.03. The van der Waals surface area contributed by atoms with Gasteiger partial charge in [0.25, 0.3) is 0 Å². The molecule has 1 aromatic rings. The summed E-state index contributed by atoms with van der Waals surface area (Å²) in [7, 11) is -3.20. The van der Waals surface area contributed by atoms with Crippen LogP contribution in [0.4, 0.5) is 0 Å². The van der Waals surface area contributed by atoms with Crippen LogP contribution < -0.4 is 10.0 Å². The van der Waals surface area contributed by atoms with Gasteiger partial charge in [0.1, 0.15) is 0 Å². The fraction of sp³-hybridized carbons (Fsp3) is 0.700. The molecule has 17 heavy (non-hydrogen) atoms. The minimum Gasteiger partial charge on any atom is -0.313 e. The molecule has 0 unspecified atom stereocenters. The first-order chi connectivity index (χ1) is 7.91. The average molecular weight is 277 g/mol. The maximum atomic E-state index is 11.7. The van der Waals surface area contributed by atoms with E-state index in [1.807, 2.05) is 20.8 Å². The molecule has 0 aliphatic carbocycles. The number of nitrogens with one attached hydrogen (secondary N) is 2. The molecule has 1 aromatic heterocycles. The zero-order chi connectivity index (χ0) is 12.9. The van der Waals surface area contributed by atoms with Crippen LogP contribution in [-0.2, 0) is 16.6 Å². The predicted octanol–water partition coefficient (Wildman–Crippen LogP) is 0.869. The lowest BCUT2D eigenvalue weighted by Gasteiger charge is -2.09. The Kier molecular flexibility index (Phi) is 5.51. The van der Waals surface area contributed by atoms with Crippen LogP contribution in [0.2, 0.25) is 0 Å². The van der Waals surface area contributed by atoms with Crippen molar-refractivity contribution < 1.29 is 8.42 Å². The van der Waals surface area contributed by atoms with Gasteiger partial charge in [0.2, 0.25) is 10.0 Å². The van der Waals surface area contributed by atoms with Gasteiger partial charge in [-0.05, 0) is 6.92 Å². The molecule has 1 rings (SSSR count). The van der Waals surface area contributed by atoms with E-state index in [4.69, 9.17) is 0 Å². The third kappa shape index (κ3) is 5.58. The molecular weight excluding hydrogens is 258 g/mol. The van der Waals surface area contributed by atoms with Gasteiger partial charge in [-0.1, -0.05) is 13.8 Å². The number of hydrogen-bond acceptors (Lipinski definition) is 5. The average Bonchev–Trinajstić information content (AvgIpc) is 2.60. The Morgan fingerprint density at radius 2 is 2.18 bits per heavy atom. The molecule has 7 heteroatoms. The van der Waals surface area contributed by atoms with E-state index >= 15 is 0 Å². The van der Waals surface area contributed by atoms with Gasteiger partial charge in [0, 0.05) is 24.0 Å². The van der Waals surface area contributed by atoms with Crippen LogP contribution >= 0.6 is 11.3 Å². The molecule has 2 N–H and O–H groups in total. The Hall–Kier alpha value is -0.500. The van der Waals surface area contributed by atoms with Crippen LogP contribution in [0, 0.1) is 6.92 Å². The summed E-state index contributed by atoms with van der Waals surface area (Å²) >= 11 is 1.47. The smallest absolute Gasteiger partial charge is 0.213 e. The fourth-order valence-corrected chi connectivity index (χ4v) is 2.93. The van der Waals surface area contributed by atoms with E-state index in [-0.39, 0.29) is 5.75 Å². The Morgan fingerprint density at radius 1 is 1.47 bits per heavy atom. The minimum absolute atomic E-state index is 0.100. The monoisotopic (exact) mass is 277 g/mol. The molecule has 5 nitrogen and oxygen atoms in total. The third-order valence-electron chi connectivity index (χ3n) is 2.22. The summed E-state index contributed by atoms with van der Waals surface area (Å²) in [5.74, 6) is 0.100. The highest BCUT2D eigenvalue weighted by molar-refractivity contribution is 7.89. The molecule has 0 saturated heterocycles. The first kappa shape index (κ1) is 14.6. The van der Waals surface area contributed by atoms with Gasteiger partial charge in [0.15, 0.2) is 0 Å². The second-order valence-corrected chi connectivity index (χ2v) is 6.98. The fourth-order valence-electron chi connectivity index (χ4n) is 1.23. The molecule has 98 valence electrons. The van der Waals surface area contributed by atoms with Gasteiger partial charge in [-0.3, -0.25) is 0 Å². The van der Waals surface area contributed by atoms with Gasteiger partial charge in [-0.2, -0.15) is 0 Å². The Labute approximate surface area is 107 Å². The minimum atomic E-state index is -3.20. The van der Waals surface area contributed by atoms with Crippen LogP contribution in [0.3, 0.4) is 0 Å². The van der Waals surface area contributed by atoms with Crippen molar-refractivity contribution in [3.8, 4) is 0 Å². The van der Waals surface area contributed by atoms with E-state index in [1.165, 1.54) is 11.3 Å². The van der Waals surface area contributed by atoms with Crippen molar-refractivity contribution in [2.24, 2.45) is 0 Å². The van der Waals surface area contributed by atoms with Crippen molar-refractivity contribution in [1.29, 1.82) is 0 Å². The van der Waals surface area contributed by atoms with Gasteiger partial charge in [0.05, 0.1) is 17.0 Å². The Balaban J connectivity index is 2.37. The largest absolute Gasteiger partial charge is 0.313 e. The maximum absolute atomic E-state index is 11.7. The normalized spacial score (nSPS) is 12.2. The number of sulfonamides is 1. The first-order valence-electron chi connectivity index (χ1n) is 5.50. The van der Waals surface area contributed by atoms with E-state index in [2.05, 4.69) is 15.0 Å². The topological polar surface area (TPSA) is 71.1 Å². The molecule has 1 heterocycles. The van der Waals surface area contributed by atoms with Crippen LogP contribution in [0.15, 0.2) is 5.51 Å².